The van der Waals surface area contributed by atoms with Crippen LogP contribution in [0, 0.1) is 0 Å². The van der Waals surface area contributed by atoms with E-state index in [0.717, 1.165) is 5.56 Å². The first-order valence-corrected chi connectivity index (χ1v) is 9.46. The van der Waals surface area contributed by atoms with Crippen LogP contribution in [-0.2, 0) is 11.2 Å². The molecule has 2 aromatic carbocycles. The van der Waals surface area contributed by atoms with Gasteiger partial charge in [-0.15, -0.1) is 0 Å². The van der Waals surface area contributed by atoms with Crippen molar-refractivity contribution in [3.8, 4) is 11.5 Å². The Labute approximate surface area is 162 Å². The zero-order valence-electron chi connectivity index (χ0n) is 14.6. The Morgan fingerprint density at radius 3 is 2.65 bits per heavy atom. The molecule has 1 saturated heterocycles. The molecule has 0 bridgehead atoms. The van der Waals surface area contributed by atoms with Crippen LogP contribution in [-0.4, -0.2) is 42.5 Å². The summed E-state index contributed by atoms with van der Waals surface area (Å²) >= 11 is 7.61. The third-order valence-electron chi connectivity index (χ3n) is 4.00. The molecule has 1 amide bonds. The molecule has 136 valence electrons. The van der Waals surface area contributed by atoms with Crippen molar-refractivity contribution in [1.82, 2.24) is 4.90 Å². The van der Waals surface area contributed by atoms with E-state index in [1.807, 2.05) is 36.4 Å². The second-order valence-electron chi connectivity index (χ2n) is 5.62. The molecule has 0 saturated carbocycles. The van der Waals surface area contributed by atoms with Crippen LogP contribution in [0.15, 0.2) is 47.5 Å². The molecule has 1 aliphatic rings. The van der Waals surface area contributed by atoms with Crippen molar-refractivity contribution >= 4 is 40.1 Å². The summed E-state index contributed by atoms with van der Waals surface area (Å²) in [5.41, 5.74) is 1.73. The second kappa shape index (κ2) is 8.47. The van der Waals surface area contributed by atoms with E-state index < -0.39 is 0 Å². The van der Waals surface area contributed by atoms with Crippen LogP contribution in [0.4, 0.5) is 5.69 Å². The smallest absolute Gasteiger partial charge is 0.239 e. The number of carbonyl (C=O) groups is 1. The van der Waals surface area contributed by atoms with Gasteiger partial charge in [0.1, 0.15) is 0 Å². The fourth-order valence-electron chi connectivity index (χ4n) is 2.62. The normalized spacial score (nSPS) is 15.6. The standard InChI is InChI=1S/C19H19ClN2O3S/c1-24-16-8-7-13(11-17(16)25-2)9-10-22-18(23)12-26-19(22)21-15-6-4-3-5-14(15)20/h3-8,11H,9-10,12H2,1-2H3. The van der Waals surface area contributed by atoms with Crippen molar-refractivity contribution in [2.45, 2.75) is 6.42 Å². The molecule has 0 atom stereocenters. The van der Waals surface area contributed by atoms with E-state index in [0.29, 0.717) is 46.1 Å². The SMILES string of the molecule is COc1ccc(CCN2C(=O)CSC2=Nc2ccccc2Cl)cc1OC. The number of ether oxygens (including phenoxy) is 2. The summed E-state index contributed by atoms with van der Waals surface area (Å²) in [5.74, 6) is 1.82. The van der Waals surface area contributed by atoms with Crippen molar-refractivity contribution in [2.75, 3.05) is 26.5 Å². The number of nitrogens with zero attached hydrogens (tertiary/aromatic N) is 2. The summed E-state index contributed by atoms with van der Waals surface area (Å²) in [6.07, 6.45) is 0.689. The van der Waals surface area contributed by atoms with Gasteiger partial charge in [-0.2, -0.15) is 0 Å². The van der Waals surface area contributed by atoms with Gasteiger partial charge in [0.15, 0.2) is 16.7 Å². The van der Waals surface area contributed by atoms with Crippen LogP contribution in [0.1, 0.15) is 5.56 Å². The van der Waals surface area contributed by atoms with Gasteiger partial charge in [0.2, 0.25) is 5.91 Å². The average molecular weight is 391 g/mol. The lowest BCUT2D eigenvalue weighted by Crippen LogP contribution is -2.31. The van der Waals surface area contributed by atoms with Crippen LogP contribution in [0.25, 0.3) is 0 Å². The van der Waals surface area contributed by atoms with Gasteiger partial charge in [-0.3, -0.25) is 9.69 Å². The van der Waals surface area contributed by atoms with Crippen LogP contribution in [0.5, 0.6) is 11.5 Å². The molecule has 0 N–H and O–H groups in total. The number of carbonyl (C=O) groups excluding carboxylic acids is 1. The molecular weight excluding hydrogens is 372 g/mol. The predicted molar refractivity (Wildman–Crippen MR) is 106 cm³/mol. The molecule has 26 heavy (non-hydrogen) atoms. The summed E-state index contributed by atoms with van der Waals surface area (Å²) in [6, 6.07) is 13.1. The van der Waals surface area contributed by atoms with Gasteiger partial charge in [0.25, 0.3) is 0 Å². The van der Waals surface area contributed by atoms with Crippen molar-refractivity contribution in [3.63, 3.8) is 0 Å². The minimum absolute atomic E-state index is 0.0567. The van der Waals surface area contributed by atoms with Crippen molar-refractivity contribution in [1.29, 1.82) is 0 Å². The molecule has 0 unspecified atom stereocenters. The van der Waals surface area contributed by atoms with Crippen molar-refractivity contribution in [2.24, 2.45) is 4.99 Å². The lowest BCUT2D eigenvalue weighted by molar-refractivity contribution is -0.124. The van der Waals surface area contributed by atoms with Crippen molar-refractivity contribution in [3.05, 3.63) is 53.1 Å². The maximum absolute atomic E-state index is 12.3. The molecule has 1 fully saturated rings. The van der Waals surface area contributed by atoms with Crippen molar-refractivity contribution < 1.29 is 14.3 Å². The number of amidine groups is 1. The van der Waals surface area contributed by atoms with Gasteiger partial charge in [0.05, 0.1) is 30.7 Å². The quantitative estimate of drug-likeness (QED) is 0.743. The number of amides is 1. The van der Waals surface area contributed by atoms with E-state index in [-0.39, 0.29) is 5.91 Å². The minimum atomic E-state index is 0.0567. The Kier molecular flexibility index (Phi) is 6.06. The van der Waals surface area contributed by atoms with Gasteiger partial charge in [-0.25, -0.2) is 4.99 Å². The molecule has 0 radical (unpaired) electrons. The highest BCUT2D eigenvalue weighted by Crippen LogP contribution is 2.30. The largest absolute Gasteiger partial charge is 0.493 e. The van der Waals surface area contributed by atoms with E-state index in [9.17, 15) is 4.79 Å². The van der Waals surface area contributed by atoms with E-state index in [1.165, 1.54) is 11.8 Å². The van der Waals surface area contributed by atoms with Crippen LogP contribution >= 0.6 is 23.4 Å². The van der Waals surface area contributed by atoms with Crippen LogP contribution in [0.2, 0.25) is 5.02 Å². The first kappa shape index (κ1) is 18.6. The number of aliphatic imine (C=N–C) groups is 1. The van der Waals surface area contributed by atoms with Crippen LogP contribution in [0.3, 0.4) is 0 Å². The third-order valence-corrected chi connectivity index (χ3v) is 5.28. The number of thioether (sulfide) groups is 1. The second-order valence-corrected chi connectivity index (χ2v) is 6.97. The number of hydrogen-bond acceptors (Lipinski definition) is 5. The molecule has 2 aromatic rings. The summed E-state index contributed by atoms with van der Waals surface area (Å²) in [6.45, 7) is 0.546. The summed E-state index contributed by atoms with van der Waals surface area (Å²) < 4.78 is 10.6. The number of rotatable bonds is 6. The van der Waals surface area contributed by atoms with Gasteiger partial charge in [-0.05, 0) is 36.2 Å². The van der Waals surface area contributed by atoms with Gasteiger partial charge >= 0.3 is 0 Å². The molecule has 1 aliphatic heterocycles. The Morgan fingerprint density at radius 2 is 1.92 bits per heavy atom. The molecule has 0 aromatic heterocycles. The lowest BCUT2D eigenvalue weighted by Gasteiger charge is -2.17. The molecule has 7 heteroatoms. The number of halogens is 1. The molecule has 1 heterocycles. The van der Waals surface area contributed by atoms with Gasteiger partial charge < -0.3 is 9.47 Å². The van der Waals surface area contributed by atoms with E-state index in [4.69, 9.17) is 21.1 Å². The first-order chi connectivity index (χ1) is 12.6. The number of hydrogen-bond donors (Lipinski definition) is 0. The lowest BCUT2D eigenvalue weighted by atomic mass is 10.1. The Bertz CT molecular complexity index is 841. The predicted octanol–water partition coefficient (Wildman–Crippen LogP) is 4.16. The molecule has 0 aliphatic carbocycles. The maximum atomic E-state index is 12.3. The average Bonchev–Trinajstić information content (AvgIpc) is 3.01. The third kappa shape index (κ3) is 4.14. The van der Waals surface area contributed by atoms with Gasteiger partial charge in [0, 0.05) is 6.54 Å². The summed E-state index contributed by atoms with van der Waals surface area (Å²) in [7, 11) is 3.21. The molecule has 5 nitrogen and oxygen atoms in total. The number of methoxy groups -OCH3 is 2. The maximum Gasteiger partial charge on any atom is 0.239 e. The molecule has 0 spiro atoms. The first-order valence-electron chi connectivity index (χ1n) is 8.09. The van der Waals surface area contributed by atoms with E-state index >= 15 is 0 Å². The molecule has 3 rings (SSSR count). The fourth-order valence-corrected chi connectivity index (χ4v) is 3.72. The zero-order chi connectivity index (χ0) is 18.5. The Hall–Kier alpha value is -2.18. The highest BCUT2D eigenvalue weighted by molar-refractivity contribution is 8.15. The summed E-state index contributed by atoms with van der Waals surface area (Å²) in [4.78, 5) is 18.5. The van der Waals surface area contributed by atoms with Gasteiger partial charge in [-0.1, -0.05) is 41.6 Å². The number of para-hydroxylation sites is 1. The topological polar surface area (TPSA) is 51.1 Å². The van der Waals surface area contributed by atoms with E-state index in [1.54, 1.807) is 25.2 Å². The van der Waals surface area contributed by atoms with Crippen LogP contribution < -0.4 is 9.47 Å². The summed E-state index contributed by atoms with van der Waals surface area (Å²) in [5, 5.41) is 1.25. The Morgan fingerprint density at radius 1 is 1.15 bits per heavy atom. The monoisotopic (exact) mass is 390 g/mol. The number of benzene rings is 2. The molecular formula is C19H19ClN2O3S. The Balaban J connectivity index is 1.75. The highest BCUT2D eigenvalue weighted by atomic mass is 35.5. The highest BCUT2D eigenvalue weighted by Gasteiger charge is 2.28. The fraction of sp³-hybridized carbons (Fsp3) is 0.263. The minimum Gasteiger partial charge on any atom is -0.493 e. The van der Waals surface area contributed by atoms with E-state index in [2.05, 4.69) is 4.99 Å². The zero-order valence-corrected chi connectivity index (χ0v) is 16.1.